The number of nitrogens with zero attached hydrogens (tertiary/aromatic N) is 3. The first kappa shape index (κ1) is 16.6. The minimum atomic E-state index is -0.227. The topological polar surface area (TPSA) is 47.2 Å². The molecular formula is C18H21N3O2S. The minimum Gasteiger partial charge on any atom is -0.364 e. The molecule has 0 fully saturated rings. The Balaban J connectivity index is 2.14. The average molecular weight is 343 g/mol. The van der Waals surface area contributed by atoms with E-state index in [2.05, 4.69) is 5.41 Å². The van der Waals surface area contributed by atoms with Crippen LogP contribution in [0.2, 0.25) is 0 Å². The zero-order valence-electron chi connectivity index (χ0n) is 14.2. The zero-order chi connectivity index (χ0) is 17.3. The third kappa shape index (κ3) is 2.71. The molecule has 0 saturated carbocycles. The van der Waals surface area contributed by atoms with Crippen LogP contribution >= 0.6 is 11.8 Å². The molecule has 126 valence electrons. The first-order valence-electron chi connectivity index (χ1n) is 8.08. The van der Waals surface area contributed by atoms with Crippen molar-refractivity contribution in [1.82, 2.24) is 9.13 Å². The molecule has 0 amide bonds. The summed E-state index contributed by atoms with van der Waals surface area (Å²) in [5, 5.41) is 2.05. The molecule has 0 bridgehead atoms. The molecule has 6 heteroatoms. The van der Waals surface area contributed by atoms with Crippen LogP contribution in [0, 0.1) is 0 Å². The van der Waals surface area contributed by atoms with Gasteiger partial charge in [0, 0.05) is 37.2 Å². The Hall–Kier alpha value is -2.21. The normalized spacial score (nSPS) is 15.1. The molecule has 2 aromatic rings. The van der Waals surface area contributed by atoms with Crippen LogP contribution in [0.4, 0.5) is 5.69 Å². The number of anilines is 1. The quantitative estimate of drug-likeness (QED) is 0.801. The van der Waals surface area contributed by atoms with Gasteiger partial charge in [0.15, 0.2) is 0 Å². The van der Waals surface area contributed by atoms with E-state index in [0.29, 0.717) is 25.3 Å². The van der Waals surface area contributed by atoms with Crippen LogP contribution in [0.25, 0.3) is 5.57 Å². The molecule has 1 aliphatic heterocycles. The maximum atomic E-state index is 12.7. The van der Waals surface area contributed by atoms with Gasteiger partial charge in [-0.3, -0.25) is 13.9 Å². The molecule has 2 heterocycles. The summed E-state index contributed by atoms with van der Waals surface area (Å²) in [5.74, 6) is 0. The number of rotatable bonds is 4. The molecule has 0 N–H and O–H groups in total. The van der Waals surface area contributed by atoms with E-state index in [1.807, 2.05) is 56.1 Å². The number of benzene rings is 1. The summed E-state index contributed by atoms with van der Waals surface area (Å²) in [6.45, 7) is 5.33. The summed E-state index contributed by atoms with van der Waals surface area (Å²) in [5.41, 5.74) is 1.98. The SMILES string of the molecule is CCn1c2c(c(=O)n(CC)c1=O)N(C)C/C2=C\Sc1ccccc1. The summed E-state index contributed by atoms with van der Waals surface area (Å²) in [4.78, 5) is 28.4. The van der Waals surface area contributed by atoms with Gasteiger partial charge < -0.3 is 4.90 Å². The molecule has 5 nitrogen and oxygen atoms in total. The summed E-state index contributed by atoms with van der Waals surface area (Å²) >= 11 is 1.61. The van der Waals surface area contributed by atoms with Crippen LogP contribution in [0.1, 0.15) is 19.5 Å². The van der Waals surface area contributed by atoms with Crippen molar-refractivity contribution in [3.63, 3.8) is 0 Å². The lowest BCUT2D eigenvalue weighted by Gasteiger charge is -2.15. The molecule has 0 unspecified atom stereocenters. The van der Waals surface area contributed by atoms with Crippen LogP contribution < -0.4 is 16.1 Å². The largest absolute Gasteiger partial charge is 0.364 e. The summed E-state index contributed by atoms with van der Waals surface area (Å²) in [6, 6.07) is 10.1. The molecule has 0 radical (unpaired) electrons. The predicted molar refractivity (Wildman–Crippen MR) is 99.9 cm³/mol. The lowest BCUT2D eigenvalue weighted by atomic mass is 10.2. The Morgan fingerprint density at radius 2 is 1.75 bits per heavy atom. The van der Waals surface area contributed by atoms with Gasteiger partial charge >= 0.3 is 5.69 Å². The molecule has 1 aromatic heterocycles. The van der Waals surface area contributed by atoms with Gasteiger partial charge in [0.1, 0.15) is 5.69 Å². The van der Waals surface area contributed by atoms with Gasteiger partial charge in [0.25, 0.3) is 5.56 Å². The number of thioether (sulfide) groups is 1. The fourth-order valence-corrected chi connectivity index (χ4v) is 3.85. The van der Waals surface area contributed by atoms with Crippen molar-refractivity contribution in [2.24, 2.45) is 0 Å². The van der Waals surface area contributed by atoms with Gasteiger partial charge in [0.2, 0.25) is 0 Å². The predicted octanol–water partition coefficient (Wildman–Crippen LogP) is 2.63. The molecule has 3 rings (SSSR count). The van der Waals surface area contributed by atoms with Crippen LogP contribution in [0.15, 0.2) is 50.2 Å². The second-order valence-corrected chi connectivity index (χ2v) is 6.65. The number of likely N-dealkylation sites (N-methyl/N-ethyl adjacent to an activating group) is 1. The lowest BCUT2D eigenvalue weighted by Crippen LogP contribution is -2.41. The van der Waals surface area contributed by atoms with Gasteiger partial charge in [0.05, 0.1) is 5.69 Å². The Bertz CT molecular complexity index is 897. The third-order valence-corrected chi connectivity index (χ3v) is 5.16. The fourth-order valence-electron chi connectivity index (χ4n) is 3.07. The van der Waals surface area contributed by atoms with Crippen LogP contribution in [0.3, 0.4) is 0 Å². The number of hydrogen-bond donors (Lipinski definition) is 0. The van der Waals surface area contributed by atoms with Crippen molar-refractivity contribution < 1.29 is 0 Å². The summed E-state index contributed by atoms with van der Waals surface area (Å²) in [6.07, 6.45) is 0. The van der Waals surface area contributed by atoms with E-state index in [1.165, 1.54) is 4.57 Å². The highest BCUT2D eigenvalue weighted by molar-refractivity contribution is 8.02. The van der Waals surface area contributed by atoms with Gasteiger partial charge in [-0.1, -0.05) is 30.0 Å². The molecular weight excluding hydrogens is 322 g/mol. The Labute approximate surface area is 145 Å². The van der Waals surface area contributed by atoms with Gasteiger partial charge in [-0.25, -0.2) is 4.79 Å². The van der Waals surface area contributed by atoms with Crippen LogP contribution in [0.5, 0.6) is 0 Å². The maximum Gasteiger partial charge on any atom is 0.331 e. The van der Waals surface area contributed by atoms with E-state index in [4.69, 9.17) is 0 Å². The summed E-state index contributed by atoms with van der Waals surface area (Å²) < 4.78 is 3.02. The van der Waals surface area contributed by atoms with Crippen molar-refractivity contribution >= 4 is 23.0 Å². The van der Waals surface area contributed by atoms with Crippen molar-refractivity contribution in [3.8, 4) is 0 Å². The molecule has 1 aromatic carbocycles. The molecule has 0 spiro atoms. The fraction of sp³-hybridized carbons (Fsp3) is 0.333. The van der Waals surface area contributed by atoms with Crippen LogP contribution in [-0.4, -0.2) is 22.7 Å². The second-order valence-electron chi connectivity index (χ2n) is 5.70. The average Bonchev–Trinajstić information content (AvgIpc) is 2.91. The van der Waals surface area contributed by atoms with E-state index in [-0.39, 0.29) is 11.2 Å². The van der Waals surface area contributed by atoms with Gasteiger partial charge in [-0.05, 0) is 31.4 Å². The first-order chi connectivity index (χ1) is 11.6. The Kier molecular flexibility index (Phi) is 4.66. The first-order valence-corrected chi connectivity index (χ1v) is 8.96. The molecule has 1 aliphatic rings. The van der Waals surface area contributed by atoms with Gasteiger partial charge in [-0.2, -0.15) is 0 Å². The number of hydrogen-bond acceptors (Lipinski definition) is 4. The monoisotopic (exact) mass is 343 g/mol. The van der Waals surface area contributed by atoms with E-state index in [9.17, 15) is 9.59 Å². The van der Waals surface area contributed by atoms with E-state index >= 15 is 0 Å². The van der Waals surface area contributed by atoms with Crippen molar-refractivity contribution in [2.75, 3.05) is 18.5 Å². The lowest BCUT2D eigenvalue weighted by molar-refractivity contribution is 0.585. The van der Waals surface area contributed by atoms with E-state index in [1.54, 1.807) is 16.3 Å². The molecule has 0 aliphatic carbocycles. The van der Waals surface area contributed by atoms with Crippen molar-refractivity contribution in [3.05, 3.63) is 62.3 Å². The smallest absolute Gasteiger partial charge is 0.331 e. The highest BCUT2D eigenvalue weighted by Crippen LogP contribution is 2.34. The minimum absolute atomic E-state index is 0.196. The Morgan fingerprint density at radius 1 is 1.08 bits per heavy atom. The maximum absolute atomic E-state index is 12.7. The summed E-state index contributed by atoms with van der Waals surface area (Å²) in [7, 11) is 1.90. The second kappa shape index (κ2) is 6.73. The standard InChI is InChI=1S/C18H21N3O2S/c1-4-20-15-13(12-24-14-9-7-6-8-10-14)11-19(3)16(15)17(22)21(5-2)18(20)23/h6-10,12H,4-5,11H2,1-3H3/b13-12+. The van der Waals surface area contributed by atoms with E-state index in [0.717, 1.165) is 16.2 Å². The van der Waals surface area contributed by atoms with Crippen LogP contribution in [-0.2, 0) is 13.1 Å². The third-order valence-electron chi connectivity index (χ3n) is 4.21. The highest BCUT2D eigenvalue weighted by atomic mass is 32.2. The number of aromatic nitrogens is 2. The molecule has 0 saturated heterocycles. The van der Waals surface area contributed by atoms with Gasteiger partial charge in [-0.15, -0.1) is 0 Å². The molecule has 24 heavy (non-hydrogen) atoms. The number of fused-ring (bicyclic) bond motifs is 1. The molecule has 0 atom stereocenters. The zero-order valence-corrected chi connectivity index (χ0v) is 15.0. The highest BCUT2D eigenvalue weighted by Gasteiger charge is 2.29. The van der Waals surface area contributed by atoms with E-state index < -0.39 is 0 Å². The Morgan fingerprint density at radius 3 is 2.38 bits per heavy atom. The van der Waals surface area contributed by atoms with Crippen molar-refractivity contribution in [1.29, 1.82) is 0 Å². The van der Waals surface area contributed by atoms with Crippen molar-refractivity contribution in [2.45, 2.75) is 31.8 Å².